The second-order valence-electron chi connectivity index (χ2n) is 11.6. The molecule has 204 valence electrons. The molecule has 3 heteroatoms. The van der Waals surface area contributed by atoms with E-state index in [0.29, 0.717) is 0 Å². The maximum atomic E-state index is 4.82. The molecule has 0 unspecified atom stereocenters. The Hall–Kier alpha value is -5.93. The van der Waals surface area contributed by atoms with Crippen molar-refractivity contribution in [3.05, 3.63) is 152 Å². The highest BCUT2D eigenvalue weighted by molar-refractivity contribution is 6.24. The van der Waals surface area contributed by atoms with Crippen molar-refractivity contribution in [1.82, 2.24) is 14.0 Å². The molecule has 0 aliphatic carbocycles. The van der Waals surface area contributed by atoms with Crippen LogP contribution in [0.5, 0.6) is 0 Å². The third kappa shape index (κ3) is 3.18. The molecule has 0 spiro atoms. The van der Waals surface area contributed by atoms with Crippen LogP contribution in [0.3, 0.4) is 0 Å². The molecule has 44 heavy (non-hydrogen) atoms. The van der Waals surface area contributed by atoms with Gasteiger partial charge in [-0.15, -0.1) is 0 Å². The summed E-state index contributed by atoms with van der Waals surface area (Å²) in [7, 11) is 0. The van der Waals surface area contributed by atoms with Crippen molar-refractivity contribution in [2.75, 3.05) is 0 Å². The van der Waals surface area contributed by atoms with Crippen LogP contribution in [0.15, 0.2) is 152 Å². The Morgan fingerprint density at radius 2 is 1.00 bits per heavy atom. The maximum absolute atomic E-state index is 4.82. The Morgan fingerprint density at radius 3 is 1.75 bits per heavy atom. The predicted octanol–water partition coefficient (Wildman–Crippen LogP) is 10.7. The second kappa shape index (κ2) is 8.79. The van der Waals surface area contributed by atoms with Crippen LogP contribution in [0.1, 0.15) is 0 Å². The number of fused-ring (bicyclic) bond motifs is 9. The van der Waals surface area contributed by atoms with Gasteiger partial charge in [-0.25, -0.2) is 0 Å². The number of aromatic nitrogens is 3. The lowest BCUT2D eigenvalue weighted by Crippen LogP contribution is -1.93. The van der Waals surface area contributed by atoms with E-state index in [4.69, 9.17) is 4.98 Å². The molecule has 4 aromatic heterocycles. The quantitative estimate of drug-likeness (QED) is 0.211. The molecule has 0 aliphatic rings. The monoisotopic (exact) mass is 559 g/mol. The third-order valence-corrected chi connectivity index (χ3v) is 9.27. The lowest BCUT2D eigenvalue weighted by atomic mass is 9.96. The molecule has 0 radical (unpaired) electrons. The van der Waals surface area contributed by atoms with E-state index in [9.17, 15) is 0 Å². The third-order valence-electron chi connectivity index (χ3n) is 9.27. The van der Waals surface area contributed by atoms with Crippen molar-refractivity contribution in [3.8, 4) is 27.9 Å². The Labute approximate surface area is 253 Å². The SMILES string of the molecule is c1ccc(-n2c3ccc(-c4cccc(-c5cc6c7ccccc7n7c8ccccc8c(c5)c67)c4)cc3c3ncccc32)cc1. The summed E-state index contributed by atoms with van der Waals surface area (Å²) in [4.78, 5) is 4.82. The van der Waals surface area contributed by atoms with Crippen molar-refractivity contribution >= 4 is 60.0 Å². The fourth-order valence-corrected chi connectivity index (χ4v) is 7.36. The number of pyridine rings is 1. The first-order valence-electron chi connectivity index (χ1n) is 15.1. The van der Waals surface area contributed by atoms with E-state index >= 15 is 0 Å². The van der Waals surface area contributed by atoms with E-state index in [-0.39, 0.29) is 0 Å². The van der Waals surface area contributed by atoms with Gasteiger partial charge >= 0.3 is 0 Å². The minimum atomic E-state index is 1.02. The van der Waals surface area contributed by atoms with Crippen LogP contribution in [-0.4, -0.2) is 14.0 Å². The highest BCUT2D eigenvalue weighted by Gasteiger charge is 2.19. The Balaban J connectivity index is 1.18. The van der Waals surface area contributed by atoms with Crippen LogP contribution in [0.2, 0.25) is 0 Å². The molecule has 4 heterocycles. The van der Waals surface area contributed by atoms with Crippen LogP contribution >= 0.6 is 0 Å². The molecule has 0 N–H and O–H groups in total. The van der Waals surface area contributed by atoms with Crippen molar-refractivity contribution in [2.24, 2.45) is 0 Å². The summed E-state index contributed by atoms with van der Waals surface area (Å²) in [5.41, 5.74) is 13.1. The van der Waals surface area contributed by atoms with Crippen molar-refractivity contribution in [2.45, 2.75) is 0 Å². The van der Waals surface area contributed by atoms with Gasteiger partial charge in [-0.2, -0.15) is 0 Å². The van der Waals surface area contributed by atoms with Crippen LogP contribution < -0.4 is 0 Å². The highest BCUT2D eigenvalue weighted by atomic mass is 15.0. The van der Waals surface area contributed by atoms with Gasteiger partial charge in [0.05, 0.1) is 33.1 Å². The van der Waals surface area contributed by atoms with Gasteiger partial charge in [0.2, 0.25) is 0 Å². The fraction of sp³-hybridized carbons (Fsp3) is 0. The molecule has 3 nitrogen and oxygen atoms in total. The van der Waals surface area contributed by atoms with Gasteiger partial charge in [-0.3, -0.25) is 4.98 Å². The molecule has 0 fully saturated rings. The Kier molecular flexibility index (Phi) is 4.72. The van der Waals surface area contributed by atoms with Crippen LogP contribution in [0.25, 0.3) is 88.0 Å². The number of hydrogen-bond acceptors (Lipinski definition) is 1. The van der Waals surface area contributed by atoms with Gasteiger partial charge in [-0.1, -0.05) is 78.9 Å². The lowest BCUT2D eigenvalue weighted by Gasteiger charge is -2.09. The summed E-state index contributed by atoms with van der Waals surface area (Å²) in [6.07, 6.45) is 1.89. The highest BCUT2D eigenvalue weighted by Crippen LogP contribution is 2.42. The van der Waals surface area contributed by atoms with Gasteiger partial charge in [0.15, 0.2) is 0 Å². The maximum Gasteiger partial charge on any atom is 0.0963 e. The molecule has 0 atom stereocenters. The fourth-order valence-electron chi connectivity index (χ4n) is 7.36. The summed E-state index contributed by atoms with van der Waals surface area (Å²) >= 11 is 0. The molecular weight excluding hydrogens is 534 g/mol. The number of para-hydroxylation sites is 3. The van der Waals surface area contributed by atoms with Crippen molar-refractivity contribution in [1.29, 1.82) is 0 Å². The molecular formula is C41H25N3. The van der Waals surface area contributed by atoms with Crippen LogP contribution in [0.4, 0.5) is 0 Å². The first-order chi connectivity index (χ1) is 21.8. The van der Waals surface area contributed by atoms with Crippen molar-refractivity contribution in [3.63, 3.8) is 0 Å². The van der Waals surface area contributed by atoms with Crippen LogP contribution in [0, 0.1) is 0 Å². The standard InChI is InChI=1S/C41H25N3/c1-2-12-30(13-3-1)43-38-20-19-28(23-35(38)40-39(43)18-9-21-42-40)26-10-8-11-27(22-26)29-24-33-31-14-4-6-16-36(31)44-37-17-7-5-15-32(37)34(25-29)41(33)44/h1-25H. The first kappa shape index (κ1) is 23.6. The van der Waals surface area contributed by atoms with E-state index in [2.05, 4.69) is 148 Å². The summed E-state index contributed by atoms with van der Waals surface area (Å²) in [6.45, 7) is 0. The number of nitrogens with zero attached hydrogens (tertiary/aromatic N) is 3. The second-order valence-corrected chi connectivity index (χ2v) is 11.6. The molecule has 0 aliphatic heterocycles. The predicted molar refractivity (Wildman–Crippen MR) is 184 cm³/mol. The lowest BCUT2D eigenvalue weighted by molar-refractivity contribution is 1.18. The summed E-state index contributed by atoms with van der Waals surface area (Å²) in [5.74, 6) is 0. The molecule has 10 rings (SSSR count). The summed E-state index contributed by atoms with van der Waals surface area (Å²) < 4.78 is 4.75. The van der Waals surface area contributed by atoms with E-state index in [1.807, 2.05) is 12.3 Å². The van der Waals surface area contributed by atoms with Gasteiger partial charge < -0.3 is 8.97 Å². The largest absolute Gasteiger partial charge is 0.308 e. The molecule has 0 saturated carbocycles. The summed E-state index contributed by atoms with van der Waals surface area (Å²) in [6, 6.07) is 52.8. The molecule has 6 aromatic carbocycles. The van der Waals surface area contributed by atoms with Gasteiger partial charge in [0, 0.05) is 38.8 Å². The first-order valence-corrected chi connectivity index (χ1v) is 15.1. The number of rotatable bonds is 3. The average Bonchev–Trinajstić information content (AvgIpc) is 3.73. The van der Waals surface area contributed by atoms with Gasteiger partial charge in [0.25, 0.3) is 0 Å². The minimum Gasteiger partial charge on any atom is -0.308 e. The van der Waals surface area contributed by atoms with Crippen LogP contribution in [-0.2, 0) is 0 Å². The Morgan fingerprint density at radius 1 is 0.386 bits per heavy atom. The topological polar surface area (TPSA) is 22.2 Å². The zero-order valence-corrected chi connectivity index (χ0v) is 23.8. The average molecular weight is 560 g/mol. The van der Waals surface area contributed by atoms with E-state index < -0.39 is 0 Å². The Bertz CT molecular complexity index is 2630. The smallest absolute Gasteiger partial charge is 0.0963 e. The molecule has 0 saturated heterocycles. The molecule has 10 aromatic rings. The summed E-state index contributed by atoms with van der Waals surface area (Å²) in [5, 5.41) is 6.35. The minimum absolute atomic E-state index is 1.02. The van der Waals surface area contributed by atoms with Gasteiger partial charge in [0.1, 0.15) is 0 Å². The van der Waals surface area contributed by atoms with Crippen molar-refractivity contribution < 1.29 is 0 Å². The zero-order chi connectivity index (χ0) is 28.8. The van der Waals surface area contributed by atoms with Gasteiger partial charge in [-0.05, 0) is 89.0 Å². The van der Waals surface area contributed by atoms with E-state index in [1.165, 1.54) is 60.3 Å². The number of benzene rings is 6. The molecule has 0 bridgehead atoms. The van der Waals surface area contributed by atoms with E-state index in [0.717, 1.165) is 27.6 Å². The van der Waals surface area contributed by atoms with E-state index in [1.54, 1.807) is 0 Å². The zero-order valence-electron chi connectivity index (χ0n) is 23.8. The molecule has 0 amide bonds. The normalized spacial score (nSPS) is 12.1. The number of hydrogen-bond donors (Lipinski definition) is 0.